The summed E-state index contributed by atoms with van der Waals surface area (Å²) in [5, 5.41) is 3.21. The number of amides is 2. The molecule has 1 fully saturated rings. The van der Waals surface area contributed by atoms with Crippen LogP contribution < -0.4 is 5.32 Å². The van der Waals surface area contributed by atoms with Crippen molar-refractivity contribution in [1.29, 1.82) is 0 Å². The van der Waals surface area contributed by atoms with Crippen LogP contribution in [0.15, 0.2) is 30.3 Å². The van der Waals surface area contributed by atoms with Crippen molar-refractivity contribution in [3.63, 3.8) is 0 Å². The lowest BCUT2D eigenvalue weighted by molar-refractivity contribution is 0.179. The Labute approximate surface area is 122 Å². The van der Waals surface area contributed by atoms with E-state index in [0.29, 0.717) is 12.0 Å². The monoisotopic (exact) mass is 274 g/mol. The molecule has 1 aliphatic carbocycles. The van der Waals surface area contributed by atoms with Crippen LogP contribution in [0.25, 0.3) is 0 Å². The average Bonchev–Trinajstić information content (AvgIpc) is 2.49. The van der Waals surface area contributed by atoms with Gasteiger partial charge in [0.05, 0.1) is 6.04 Å². The van der Waals surface area contributed by atoms with Crippen molar-refractivity contribution in [1.82, 2.24) is 10.2 Å². The molecule has 1 aliphatic rings. The molecule has 20 heavy (non-hydrogen) atoms. The fourth-order valence-corrected chi connectivity index (χ4v) is 2.92. The summed E-state index contributed by atoms with van der Waals surface area (Å²) in [6.45, 7) is 4.31. The number of urea groups is 1. The maximum absolute atomic E-state index is 12.4. The predicted molar refractivity (Wildman–Crippen MR) is 82.6 cm³/mol. The van der Waals surface area contributed by atoms with E-state index in [4.69, 9.17) is 0 Å². The van der Waals surface area contributed by atoms with Gasteiger partial charge in [0.2, 0.25) is 0 Å². The molecule has 3 heteroatoms. The number of rotatable bonds is 3. The van der Waals surface area contributed by atoms with E-state index in [9.17, 15) is 4.79 Å². The Bertz CT molecular complexity index is 432. The lowest BCUT2D eigenvalue weighted by Crippen LogP contribution is -2.47. The lowest BCUT2D eigenvalue weighted by Gasteiger charge is -2.33. The Morgan fingerprint density at radius 1 is 1.25 bits per heavy atom. The van der Waals surface area contributed by atoms with Crippen molar-refractivity contribution in [2.45, 2.75) is 51.6 Å². The van der Waals surface area contributed by atoms with E-state index in [0.717, 1.165) is 6.42 Å². The minimum atomic E-state index is 0.0418. The van der Waals surface area contributed by atoms with Crippen LogP contribution in [0.3, 0.4) is 0 Å². The van der Waals surface area contributed by atoms with Gasteiger partial charge >= 0.3 is 6.03 Å². The SMILES string of the molecule is C[C@@H]1CCCC[C@H]1NC(=O)N(C)[C@@H](C)c1ccccc1. The van der Waals surface area contributed by atoms with Crippen molar-refractivity contribution >= 4 is 6.03 Å². The summed E-state index contributed by atoms with van der Waals surface area (Å²) in [5.74, 6) is 0.591. The third-order valence-electron chi connectivity index (χ3n) is 4.60. The Hall–Kier alpha value is -1.51. The highest BCUT2D eigenvalue weighted by Gasteiger charge is 2.25. The number of carbonyl (C=O) groups excluding carboxylic acids is 1. The molecule has 0 unspecified atom stereocenters. The zero-order chi connectivity index (χ0) is 14.5. The first-order valence-electron chi connectivity index (χ1n) is 7.68. The van der Waals surface area contributed by atoms with Gasteiger partial charge in [-0.15, -0.1) is 0 Å². The van der Waals surface area contributed by atoms with Crippen LogP contribution in [0.2, 0.25) is 0 Å². The largest absolute Gasteiger partial charge is 0.335 e. The summed E-state index contributed by atoms with van der Waals surface area (Å²) < 4.78 is 0. The Balaban J connectivity index is 1.94. The molecule has 1 aromatic carbocycles. The molecular weight excluding hydrogens is 248 g/mol. The van der Waals surface area contributed by atoms with E-state index in [-0.39, 0.29) is 12.1 Å². The minimum absolute atomic E-state index is 0.0418. The van der Waals surface area contributed by atoms with Crippen molar-refractivity contribution in [3.8, 4) is 0 Å². The molecule has 1 N–H and O–H groups in total. The third-order valence-corrected chi connectivity index (χ3v) is 4.60. The van der Waals surface area contributed by atoms with Gasteiger partial charge in [-0.1, -0.05) is 50.1 Å². The first kappa shape index (κ1) is 14.9. The Kier molecular flexibility index (Phi) is 5.05. The fourth-order valence-electron chi connectivity index (χ4n) is 2.92. The van der Waals surface area contributed by atoms with E-state index < -0.39 is 0 Å². The van der Waals surface area contributed by atoms with Gasteiger partial charge in [-0.2, -0.15) is 0 Å². The van der Waals surface area contributed by atoms with Crippen LogP contribution in [-0.2, 0) is 0 Å². The van der Waals surface area contributed by atoms with Crippen molar-refractivity contribution in [2.75, 3.05) is 7.05 Å². The van der Waals surface area contributed by atoms with Crippen LogP contribution in [0.4, 0.5) is 4.79 Å². The zero-order valence-corrected chi connectivity index (χ0v) is 12.8. The molecule has 0 saturated heterocycles. The predicted octanol–water partition coefficient (Wildman–Crippen LogP) is 3.97. The van der Waals surface area contributed by atoms with Crippen LogP contribution >= 0.6 is 0 Å². The van der Waals surface area contributed by atoms with Crippen LogP contribution in [0, 0.1) is 5.92 Å². The molecular formula is C17H26N2O. The summed E-state index contributed by atoms with van der Waals surface area (Å²) in [5.41, 5.74) is 1.17. The third kappa shape index (κ3) is 3.53. The molecule has 0 heterocycles. The molecule has 0 radical (unpaired) electrons. The van der Waals surface area contributed by atoms with Gasteiger partial charge in [-0.3, -0.25) is 0 Å². The molecule has 0 spiro atoms. The van der Waals surface area contributed by atoms with E-state index in [2.05, 4.69) is 31.3 Å². The molecule has 1 aromatic rings. The molecule has 0 aromatic heterocycles. The molecule has 3 atom stereocenters. The van der Waals surface area contributed by atoms with E-state index >= 15 is 0 Å². The van der Waals surface area contributed by atoms with Crippen molar-refractivity contribution < 1.29 is 4.79 Å². The second-order valence-corrected chi connectivity index (χ2v) is 6.02. The van der Waals surface area contributed by atoms with Gasteiger partial charge in [-0.25, -0.2) is 4.79 Å². The van der Waals surface area contributed by atoms with Crippen molar-refractivity contribution in [3.05, 3.63) is 35.9 Å². The maximum atomic E-state index is 12.4. The number of nitrogens with one attached hydrogen (secondary N) is 1. The summed E-state index contributed by atoms with van der Waals surface area (Å²) in [6, 6.07) is 10.6. The van der Waals surface area contributed by atoms with Gasteiger partial charge in [0, 0.05) is 13.1 Å². The molecule has 3 nitrogen and oxygen atoms in total. The van der Waals surface area contributed by atoms with Gasteiger partial charge in [0.1, 0.15) is 0 Å². The Morgan fingerprint density at radius 3 is 2.55 bits per heavy atom. The van der Waals surface area contributed by atoms with Gasteiger partial charge in [0.15, 0.2) is 0 Å². The second kappa shape index (κ2) is 6.78. The topological polar surface area (TPSA) is 32.3 Å². The number of nitrogens with zero attached hydrogens (tertiary/aromatic N) is 1. The number of benzene rings is 1. The van der Waals surface area contributed by atoms with Crippen LogP contribution in [-0.4, -0.2) is 24.0 Å². The summed E-state index contributed by atoms with van der Waals surface area (Å²) in [4.78, 5) is 14.2. The normalized spacial score (nSPS) is 23.9. The highest BCUT2D eigenvalue weighted by molar-refractivity contribution is 5.74. The highest BCUT2D eigenvalue weighted by Crippen LogP contribution is 2.24. The molecule has 2 amide bonds. The zero-order valence-electron chi connectivity index (χ0n) is 12.8. The second-order valence-electron chi connectivity index (χ2n) is 6.02. The molecule has 0 aliphatic heterocycles. The van der Waals surface area contributed by atoms with Gasteiger partial charge < -0.3 is 10.2 Å². The van der Waals surface area contributed by atoms with E-state index in [1.165, 1.54) is 24.8 Å². The van der Waals surface area contributed by atoms with Crippen LogP contribution in [0.1, 0.15) is 51.1 Å². The van der Waals surface area contributed by atoms with Gasteiger partial charge in [0.25, 0.3) is 0 Å². The maximum Gasteiger partial charge on any atom is 0.317 e. The van der Waals surface area contributed by atoms with Crippen molar-refractivity contribution in [2.24, 2.45) is 5.92 Å². The molecule has 0 bridgehead atoms. The summed E-state index contributed by atoms with van der Waals surface area (Å²) in [7, 11) is 1.88. The Morgan fingerprint density at radius 2 is 1.90 bits per heavy atom. The number of carbonyl (C=O) groups is 1. The average molecular weight is 274 g/mol. The minimum Gasteiger partial charge on any atom is -0.335 e. The van der Waals surface area contributed by atoms with Gasteiger partial charge in [-0.05, 0) is 31.2 Å². The first-order valence-corrected chi connectivity index (χ1v) is 7.68. The quantitative estimate of drug-likeness (QED) is 0.888. The first-order chi connectivity index (χ1) is 9.59. The smallest absolute Gasteiger partial charge is 0.317 e. The lowest BCUT2D eigenvalue weighted by atomic mass is 9.86. The number of hydrogen-bond donors (Lipinski definition) is 1. The summed E-state index contributed by atoms with van der Waals surface area (Å²) >= 11 is 0. The van der Waals surface area contributed by atoms with E-state index in [1.807, 2.05) is 25.2 Å². The number of hydrogen-bond acceptors (Lipinski definition) is 1. The fraction of sp³-hybridized carbons (Fsp3) is 0.588. The summed E-state index contributed by atoms with van der Waals surface area (Å²) in [6.07, 6.45) is 4.86. The van der Waals surface area contributed by atoms with E-state index in [1.54, 1.807) is 4.90 Å². The molecule has 110 valence electrons. The molecule has 1 saturated carbocycles. The highest BCUT2D eigenvalue weighted by atomic mass is 16.2. The standard InChI is InChI=1S/C17H26N2O/c1-13-9-7-8-12-16(13)18-17(20)19(3)14(2)15-10-5-4-6-11-15/h4-6,10-11,13-14,16H,7-9,12H2,1-3H3,(H,18,20)/t13-,14+,16-/m1/s1. The van der Waals surface area contributed by atoms with Crippen LogP contribution in [0.5, 0.6) is 0 Å². The molecule has 2 rings (SSSR count).